The Morgan fingerprint density at radius 3 is 2.24 bits per heavy atom. The Hall–Kier alpha value is -0.810. The number of hydrogen-bond donors (Lipinski definition) is 2. The summed E-state index contributed by atoms with van der Waals surface area (Å²) in [6.45, 7) is 4.40. The van der Waals surface area contributed by atoms with Crippen LogP contribution in [0.2, 0.25) is 0 Å². The second-order valence-corrected chi connectivity index (χ2v) is 6.32. The van der Waals surface area contributed by atoms with Gasteiger partial charge in [0.2, 0.25) is 11.8 Å². The molecular formula is C15H30ClN3O2. The lowest BCUT2D eigenvalue weighted by Crippen LogP contribution is -2.51. The van der Waals surface area contributed by atoms with Crippen molar-refractivity contribution in [3.63, 3.8) is 0 Å². The van der Waals surface area contributed by atoms with Gasteiger partial charge in [-0.15, -0.1) is 12.4 Å². The Bertz CT molecular complexity index is 355. The van der Waals surface area contributed by atoms with Crippen molar-refractivity contribution in [2.45, 2.75) is 52.0 Å². The van der Waals surface area contributed by atoms with E-state index in [2.05, 4.69) is 5.32 Å². The molecule has 1 aliphatic carbocycles. The van der Waals surface area contributed by atoms with Gasteiger partial charge in [0.1, 0.15) is 0 Å². The predicted octanol–water partition coefficient (Wildman–Crippen LogP) is 1.55. The van der Waals surface area contributed by atoms with E-state index in [1.165, 1.54) is 0 Å². The summed E-state index contributed by atoms with van der Waals surface area (Å²) in [6.07, 6.45) is 4.67. The monoisotopic (exact) mass is 319 g/mol. The van der Waals surface area contributed by atoms with Crippen LogP contribution in [0.5, 0.6) is 0 Å². The van der Waals surface area contributed by atoms with E-state index in [0.717, 1.165) is 32.1 Å². The van der Waals surface area contributed by atoms with Crippen LogP contribution in [0.1, 0.15) is 46.0 Å². The third-order valence-electron chi connectivity index (χ3n) is 4.58. The smallest absolute Gasteiger partial charge is 0.237 e. The topological polar surface area (TPSA) is 75.4 Å². The van der Waals surface area contributed by atoms with Gasteiger partial charge >= 0.3 is 0 Å². The van der Waals surface area contributed by atoms with Crippen LogP contribution in [0, 0.1) is 11.3 Å². The van der Waals surface area contributed by atoms with Crippen LogP contribution in [0.15, 0.2) is 0 Å². The first-order valence-corrected chi connectivity index (χ1v) is 7.59. The summed E-state index contributed by atoms with van der Waals surface area (Å²) in [5.41, 5.74) is 5.51. The van der Waals surface area contributed by atoms with E-state index < -0.39 is 11.5 Å². The van der Waals surface area contributed by atoms with Crippen LogP contribution in [0.3, 0.4) is 0 Å². The van der Waals surface area contributed by atoms with E-state index in [0.29, 0.717) is 6.54 Å². The third-order valence-corrected chi connectivity index (χ3v) is 4.58. The number of carbonyl (C=O) groups is 2. The van der Waals surface area contributed by atoms with Gasteiger partial charge in [0.25, 0.3) is 0 Å². The fourth-order valence-electron chi connectivity index (χ4n) is 2.88. The second-order valence-electron chi connectivity index (χ2n) is 6.32. The standard InChI is InChI=1S/C15H29N3O2.ClH/c1-5-11(2)12(16)13(19)17-10-15(8-6-7-9-15)14(20)18(3)4;/h11-12H,5-10,16H2,1-4H3,(H,17,19);1H. The molecule has 1 aliphatic rings. The lowest BCUT2D eigenvalue weighted by Gasteiger charge is -2.31. The van der Waals surface area contributed by atoms with Gasteiger partial charge in [0.05, 0.1) is 11.5 Å². The molecular weight excluding hydrogens is 290 g/mol. The van der Waals surface area contributed by atoms with Crippen molar-refractivity contribution in [2.75, 3.05) is 20.6 Å². The van der Waals surface area contributed by atoms with E-state index >= 15 is 0 Å². The van der Waals surface area contributed by atoms with Gasteiger partial charge in [0.15, 0.2) is 0 Å². The molecule has 0 aromatic rings. The Kier molecular flexibility index (Phi) is 8.26. The Morgan fingerprint density at radius 2 is 1.81 bits per heavy atom. The average Bonchev–Trinajstić information content (AvgIpc) is 2.91. The first-order chi connectivity index (χ1) is 9.34. The van der Waals surface area contributed by atoms with Crippen molar-refractivity contribution in [1.82, 2.24) is 10.2 Å². The summed E-state index contributed by atoms with van der Waals surface area (Å²) in [7, 11) is 3.55. The van der Waals surface area contributed by atoms with E-state index in [-0.39, 0.29) is 30.1 Å². The number of nitrogens with zero attached hydrogens (tertiary/aromatic N) is 1. The summed E-state index contributed by atoms with van der Waals surface area (Å²) < 4.78 is 0. The van der Waals surface area contributed by atoms with E-state index in [4.69, 9.17) is 5.73 Å². The highest BCUT2D eigenvalue weighted by Gasteiger charge is 2.42. The number of halogens is 1. The number of hydrogen-bond acceptors (Lipinski definition) is 3. The maximum atomic E-state index is 12.4. The number of carbonyl (C=O) groups excluding carboxylic acids is 2. The van der Waals surface area contributed by atoms with E-state index in [9.17, 15) is 9.59 Å². The lowest BCUT2D eigenvalue weighted by molar-refractivity contribution is -0.139. The van der Waals surface area contributed by atoms with Gasteiger partial charge in [-0.3, -0.25) is 9.59 Å². The Morgan fingerprint density at radius 1 is 1.29 bits per heavy atom. The molecule has 1 rings (SSSR count). The fourth-order valence-corrected chi connectivity index (χ4v) is 2.88. The quantitative estimate of drug-likeness (QED) is 0.780. The fraction of sp³-hybridized carbons (Fsp3) is 0.867. The zero-order valence-electron chi connectivity index (χ0n) is 13.6. The number of amides is 2. The van der Waals surface area contributed by atoms with Crippen molar-refractivity contribution >= 4 is 24.2 Å². The van der Waals surface area contributed by atoms with Crippen molar-refractivity contribution < 1.29 is 9.59 Å². The molecule has 0 aromatic carbocycles. The summed E-state index contributed by atoms with van der Waals surface area (Å²) in [6, 6.07) is -0.493. The molecule has 2 atom stereocenters. The molecule has 5 nitrogen and oxygen atoms in total. The molecule has 3 N–H and O–H groups in total. The Balaban J connectivity index is 0.00000400. The molecule has 0 heterocycles. The van der Waals surface area contributed by atoms with Crippen molar-refractivity contribution in [1.29, 1.82) is 0 Å². The SMILES string of the molecule is CCC(C)C(N)C(=O)NCC1(C(=O)N(C)C)CCCC1.Cl. The van der Waals surface area contributed by atoms with Gasteiger partial charge in [-0.05, 0) is 18.8 Å². The summed E-state index contributed by atoms with van der Waals surface area (Å²) in [5.74, 6) is 0.128. The molecule has 1 fully saturated rings. The minimum atomic E-state index is -0.493. The molecule has 21 heavy (non-hydrogen) atoms. The molecule has 124 valence electrons. The molecule has 0 bridgehead atoms. The minimum Gasteiger partial charge on any atom is -0.354 e. The summed E-state index contributed by atoms with van der Waals surface area (Å²) >= 11 is 0. The minimum absolute atomic E-state index is 0. The molecule has 0 saturated heterocycles. The maximum Gasteiger partial charge on any atom is 0.237 e. The zero-order chi connectivity index (χ0) is 15.3. The zero-order valence-corrected chi connectivity index (χ0v) is 14.5. The number of rotatable bonds is 6. The van der Waals surface area contributed by atoms with Gasteiger partial charge in [-0.2, -0.15) is 0 Å². The molecule has 1 saturated carbocycles. The first kappa shape index (κ1) is 20.2. The Labute approximate surface area is 134 Å². The largest absolute Gasteiger partial charge is 0.354 e. The molecule has 6 heteroatoms. The van der Waals surface area contributed by atoms with Gasteiger partial charge in [-0.25, -0.2) is 0 Å². The predicted molar refractivity (Wildman–Crippen MR) is 87.3 cm³/mol. The van der Waals surface area contributed by atoms with Crippen LogP contribution in [-0.4, -0.2) is 43.4 Å². The maximum absolute atomic E-state index is 12.4. The average molecular weight is 320 g/mol. The first-order valence-electron chi connectivity index (χ1n) is 7.59. The molecule has 0 aromatic heterocycles. The molecule has 2 unspecified atom stereocenters. The number of nitrogens with one attached hydrogen (secondary N) is 1. The van der Waals surface area contributed by atoms with Crippen LogP contribution in [-0.2, 0) is 9.59 Å². The van der Waals surface area contributed by atoms with Crippen LogP contribution < -0.4 is 11.1 Å². The lowest BCUT2D eigenvalue weighted by atomic mass is 9.84. The summed E-state index contributed by atoms with van der Waals surface area (Å²) in [5, 5.41) is 2.90. The van der Waals surface area contributed by atoms with Gasteiger partial charge < -0.3 is 16.0 Å². The van der Waals surface area contributed by atoms with Crippen LogP contribution in [0.4, 0.5) is 0 Å². The van der Waals surface area contributed by atoms with Gasteiger partial charge in [-0.1, -0.05) is 33.1 Å². The van der Waals surface area contributed by atoms with Crippen LogP contribution in [0.25, 0.3) is 0 Å². The summed E-state index contributed by atoms with van der Waals surface area (Å²) in [4.78, 5) is 26.1. The van der Waals surface area contributed by atoms with E-state index in [1.807, 2.05) is 13.8 Å². The molecule has 0 radical (unpaired) electrons. The van der Waals surface area contributed by atoms with Crippen molar-refractivity contribution in [2.24, 2.45) is 17.1 Å². The highest BCUT2D eigenvalue weighted by Crippen LogP contribution is 2.38. The second kappa shape index (κ2) is 8.59. The third kappa shape index (κ3) is 4.85. The number of nitrogens with two attached hydrogens (primary N) is 1. The highest BCUT2D eigenvalue weighted by molar-refractivity contribution is 5.86. The molecule has 2 amide bonds. The van der Waals surface area contributed by atoms with E-state index in [1.54, 1.807) is 19.0 Å². The van der Waals surface area contributed by atoms with Crippen LogP contribution >= 0.6 is 12.4 Å². The van der Waals surface area contributed by atoms with Crippen molar-refractivity contribution in [3.05, 3.63) is 0 Å². The molecule has 0 spiro atoms. The van der Waals surface area contributed by atoms with Gasteiger partial charge in [0, 0.05) is 20.6 Å². The highest BCUT2D eigenvalue weighted by atomic mass is 35.5. The molecule has 0 aliphatic heterocycles. The van der Waals surface area contributed by atoms with Crippen molar-refractivity contribution in [3.8, 4) is 0 Å². The normalized spacial score (nSPS) is 19.3.